The second-order valence-corrected chi connectivity index (χ2v) is 6.65. The van der Waals surface area contributed by atoms with Crippen molar-refractivity contribution in [2.75, 3.05) is 19.7 Å². The van der Waals surface area contributed by atoms with E-state index in [0.717, 1.165) is 24.3 Å². The van der Waals surface area contributed by atoms with Crippen LogP contribution in [0.25, 0.3) is 0 Å². The fourth-order valence-corrected chi connectivity index (χ4v) is 3.46. The molecule has 0 bridgehead atoms. The summed E-state index contributed by atoms with van der Waals surface area (Å²) in [5.41, 5.74) is 1.33. The second-order valence-electron chi connectivity index (χ2n) is 5.61. The Morgan fingerprint density at radius 3 is 2.86 bits per heavy atom. The number of nitrogens with zero attached hydrogens (tertiary/aromatic N) is 1. The largest absolute Gasteiger partial charge is 0.375 e. The fraction of sp³-hybridized carbons (Fsp3) is 0.389. The highest BCUT2D eigenvalue weighted by atomic mass is 32.1. The van der Waals surface area contributed by atoms with Crippen molar-refractivity contribution in [2.45, 2.75) is 25.4 Å². The Morgan fingerprint density at radius 2 is 2.09 bits per heavy atom. The van der Waals surface area contributed by atoms with Crippen LogP contribution in [0.5, 0.6) is 0 Å². The first-order valence-corrected chi connectivity index (χ1v) is 8.65. The standard InChI is InChI=1S/C18H21NO2S/c20-18(13-17-7-4-12-22-17)19-10-11-21-16(14-19)9-8-15-5-2-1-3-6-15/h1-7,12,16H,8-11,13-14H2. The van der Waals surface area contributed by atoms with Gasteiger partial charge in [-0.15, -0.1) is 11.3 Å². The number of carbonyl (C=O) groups is 1. The molecule has 0 aliphatic carbocycles. The van der Waals surface area contributed by atoms with Crippen molar-refractivity contribution in [1.29, 1.82) is 0 Å². The van der Waals surface area contributed by atoms with Crippen LogP contribution in [0, 0.1) is 0 Å². The molecule has 0 radical (unpaired) electrons. The maximum Gasteiger partial charge on any atom is 0.227 e. The first-order valence-electron chi connectivity index (χ1n) is 7.77. The molecule has 2 aromatic rings. The summed E-state index contributed by atoms with van der Waals surface area (Å²) in [6.45, 7) is 2.08. The Balaban J connectivity index is 1.49. The summed E-state index contributed by atoms with van der Waals surface area (Å²) in [5.74, 6) is 0.218. The summed E-state index contributed by atoms with van der Waals surface area (Å²) in [7, 11) is 0. The van der Waals surface area contributed by atoms with Crippen LogP contribution >= 0.6 is 11.3 Å². The number of rotatable bonds is 5. The minimum Gasteiger partial charge on any atom is -0.375 e. The van der Waals surface area contributed by atoms with E-state index in [1.54, 1.807) is 11.3 Å². The summed E-state index contributed by atoms with van der Waals surface area (Å²) < 4.78 is 5.82. The average Bonchev–Trinajstić information content (AvgIpc) is 3.07. The average molecular weight is 315 g/mol. The highest BCUT2D eigenvalue weighted by Crippen LogP contribution is 2.15. The van der Waals surface area contributed by atoms with Gasteiger partial charge < -0.3 is 9.64 Å². The minimum absolute atomic E-state index is 0.154. The van der Waals surface area contributed by atoms with E-state index in [0.29, 0.717) is 19.6 Å². The van der Waals surface area contributed by atoms with Crippen molar-refractivity contribution in [3.05, 3.63) is 58.3 Å². The van der Waals surface area contributed by atoms with Gasteiger partial charge in [0.15, 0.2) is 0 Å². The molecule has 1 aromatic heterocycles. The summed E-state index contributed by atoms with van der Waals surface area (Å²) in [5, 5.41) is 2.02. The highest BCUT2D eigenvalue weighted by Gasteiger charge is 2.24. The molecule has 4 heteroatoms. The lowest BCUT2D eigenvalue weighted by molar-refractivity contribution is -0.138. The summed E-state index contributed by atoms with van der Waals surface area (Å²) in [6.07, 6.45) is 2.63. The van der Waals surface area contributed by atoms with Gasteiger partial charge in [-0.1, -0.05) is 36.4 Å². The van der Waals surface area contributed by atoms with Gasteiger partial charge in [0.1, 0.15) is 0 Å². The van der Waals surface area contributed by atoms with Crippen LogP contribution in [-0.4, -0.2) is 36.6 Å². The van der Waals surface area contributed by atoms with Crippen LogP contribution in [0.4, 0.5) is 0 Å². The zero-order chi connectivity index (χ0) is 15.2. The minimum atomic E-state index is 0.154. The normalized spacial score (nSPS) is 18.4. The number of hydrogen-bond acceptors (Lipinski definition) is 3. The number of hydrogen-bond donors (Lipinski definition) is 0. The Bertz CT molecular complexity index is 582. The number of carbonyl (C=O) groups excluding carboxylic acids is 1. The molecule has 3 nitrogen and oxygen atoms in total. The molecule has 1 aliphatic rings. The van der Waals surface area contributed by atoms with Crippen molar-refractivity contribution in [3.63, 3.8) is 0 Å². The number of thiophene rings is 1. The van der Waals surface area contributed by atoms with Crippen molar-refractivity contribution >= 4 is 17.2 Å². The zero-order valence-electron chi connectivity index (χ0n) is 12.6. The Kier molecular flexibility index (Phi) is 5.24. The molecule has 22 heavy (non-hydrogen) atoms. The van der Waals surface area contributed by atoms with Gasteiger partial charge in [0.25, 0.3) is 0 Å². The van der Waals surface area contributed by atoms with E-state index in [4.69, 9.17) is 4.74 Å². The maximum absolute atomic E-state index is 12.4. The van der Waals surface area contributed by atoms with Crippen molar-refractivity contribution in [2.24, 2.45) is 0 Å². The van der Waals surface area contributed by atoms with Gasteiger partial charge in [0.2, 0.25) is 5.91 Å². The lowest BCUT2D eigenvalue weighted by atomic mass is 10.1. The van der Waals surface area contributed by atoms with E-state index in [-0.39, 0.29) is 12.0 Å². The lowest BCUT2D eigenvalue weighted by Gasteiger charge is -2.33. The molecule has 1 fully saturated rings. The predicted molar refractivity (Wildman–Crippen MR) is 89.1 cm³/mol. The summed E-state index contributed by atoms with van der Waals surface area (Å²) >= 11 is 1.64. The Morgan fingerprint density at radius 1 is 1.23 bits per heavy atom. The number of amides is 1. The van der Waals surface area contributed by atoms with Gasteiger partial charge in [0, 0.05) is 18.0 Å². The van der Waals surface area contributed by atoms with Crippen LogP contribution in [0.15, 0.2) is 47.8 Å². The fourth-order valence-electron chi connectivity index (χ4n) is 2.77. The predicted octanol–water partition coefficient (Wildman–Crippen LogP) is 3.15. The monoisotopic (exact) mass is 315 g/mol. The van der Waals surface area contributed by atoms with Gasteiger partial charge in [-0.05, 0) is 29.9 Å². The number of benzene rings is 1. The molecular formula is C18H21NO2S. The van der Waals surface area contributed by atoms with Crippen molar-refractivity contribution in [3.8, 4) is 0 Å². The van der Waals surface area contributed by atoms with Gasteiger partial charge in [-0.3, -0.25) is 4.79 Å². The van der Waals surface area contributed by atoms with Gasteiger partial charge in [0.05, 0.1) is 19.1 Å². The third-order valence-corrected chi connectivity index (χ3v) is 4.87. The Labute approximate surface area is 135 Å². The van der Waals surface area contributed by atoms with E-state index in [1.165, 1.54) is 5.56 Å². The van der Waals surface area contributed by atoms with E-state index in [1.807, 2.05) is 28.5 Å². The molecular weight excluding hydrogens is 294 g/mol. The van der Waals surface area contributed by atoms with Gasteiger partial charge >= 0.3 is 0 Å². The summed E-state index contributed by atoms with van der Waals surface area (Å²) in [6, 6.07) is 14.5. The lowest BCUT2D eigenvalue weighted by Crippen LogP contribution is -2.46. The van der Waals surface area contributed by atoms with Crippen LogP contribution in [0.1, 0.15) is 16.9 Å². The molecule has 1 unspecified atom stereocenters. The molecule has 1 saturated heterocycles. The van der Waals surface area contributed by atoms with E-state index in [9.17, 15) is 4.79 Å². The topological polar surface area (TPSA) is 29.5 Å². The molecule has 1 aliphatic heterocycles. The van der Waals surface area contributed by atoms with E-state index >= 15 is 0 Å². The quantitative estimate of drug-likeness (QED) is 0.848. The number of aryl methyl sites for hydroxylation is 1. The molecule has 1 atom stereocenters. The Hall–Kier alpha value is -1.65. The van der Waals surface area contributed by atoms with Crippen molar-refractivity contribution < 1.29 is 9.53 Å². The third-order valence-electron chi connectivity index (χ3n) is 3.99. The van der Waals surface area contributed by atoms with E-state index < -0.39 is 0 Å². The molecule has 1 aromatic carbocycles. The molecule has 0 spiro atoms. The van der Waals surface area contributed by atoms with E-state index in [2.05, 4.69) is 24.3 Å². The highest BCUT2D eigenvalue weighted by molar-refractivity contribution is 7.10. The number of morpholine rings is 1. The smallest absolute Gasteiger partial charge is 0.227 e. The number of ether oxygens (including phenoxy) is 1. The first-order chi connectivity index (χ1) is 10.8. The van der Waals surface area contributed by atoms with Crippen LogP contribution in [0.3, 0.4) is 0 Å². The van der Waals surface area contributed by atoms with Gasteiger partial charge in [-0.25, -0.2) is 0 Å². The van der Waals surface area contributed by atoms with Crippen LogP contribution < -0.4 is 0 Å². The molecule has 3 rings (SSSR count). The van der Waals surface area contributed by atoms with Crippen LogP contribution in [0.2, 0.25) is 0 Å². The molecule has 0 N–H and O–H groups in total. The molecule has 0 saturated carbocycles. The zero-order valence-corrected chi connectivity index (χ0v) is 13.4. The second kappa shape index (κ2) is 7.56. The first kappa shape index (κ1) is 15.3. The maximum atomic E-state index is 12.4. The van der Waals surface area contributed by atoms with Crippen LogP contribution in [-0.2, 0) is 22.4 Å². The molecule has 116 valence electrons. The summed E-state index contributed by atoms with van der Waals surface area (Å²) in [4.78, 5) is 15.5. The third kappa shape index (κ3) is 4.18. The van der Waals surface area contributed by atoms with Gasteiger partial charge in [-0.2, -0.15) is 0 Å². The SMILES string of the molecule is O=C(Cc1cccs1)N1CCOC(CCc2ccccc2)C1. The molecule has 1 amide bonds. The molecule has 2 heterocycles. The van der Waals surface area contributed by atoms with Crippen molar-refractivity contribution in [1.82, 2.24) is 4.90 Å².